The Morgan fingerprint density at radius 1 is 1.14 bits per heavy atom. The van der Waals surface area contributed by atoms with Gasteiger partial charge in [0.15, 0.2) is 0 Å². The van der Waals surface area contributed by atoms with Crippen LogP contribution in [0.5, 0.6) is 0 Å². The molecule has 3 aromatic rings. The van der Waals surface area contributed by atoms with Gasteiger partial charge in [0, 0.05) is 43.1 Å². The first-order valence-corrected chi connectivity index (χ1v) is 10.6. The van der Waals surface area contributed by atoms with Crippen LogP contribution in [0.15, 0.2) is 41.0 Å². The van der Waals surface area contributed by atoms with Crippen molar-refractivity contribution in [2.45, 2.75) is 20.5 Å². The summed E-state index contributed by atoms with van der Waals surface area (Å²) < 4.78 is 4.60. The fraction of sp³-hybridized carbons (Fsp3) is 0.350. The Morgan fingerprint density at radius 2 is 1.90 bits per heavy atom. The van der Waals surface area contributed by atoms with Gasteiger partial charge in [-0.25, -0.2) is 4.68 Å². The molecule has 0 spiro atoms. The van der Waals surface area contributed by atoms with E-state index in [-0.39, 0.29) is 5.91 Å². The molecule has 3 heterocycles. The molecule has 1 aromatic carbocycles. The van der Waals surface area contributed by atoms with E-state index in [9.17, 15) is 4.79 Å². The van der Waals surface area contributed by atoms with E-state index in [0.717, 1.165) is 39.7 Å². The van der Waals surface area contributed by atoms with Crippen LogP contribution in [0.1, 0.15) is 21.9 Å². The van der Waals surface area contributed by atoms with Gasteiger partial charge < -0.3 is 9.80 Å². The number of nitrogens with zero attached hydrogens (tertiary/aromatic N) is 6. The van der Waals surface area contributed by atoms with Crippen LogP contribution in [0, 0.1) is 13.8 Å². The number of anilines is 1. The van der Waals surface area contributed by atoms with E-state index in [0.29, 0.717) is 25.5 Å². The fourth-order valence-corrected chi connectivity index (χ4v) is 3.98. The number of halogens is 2. The largest absolute Gasteiger partial charge is 0.368 e. The summed E-state index contributed by atoms with van der Waals surface area (Å²) in [5.41, 5.74) is 3.51. The predicted molar refractivity (Wildman–Crippen MR) is 117 cm³/mol. The second kappa shape index (κ2) is 8.20. The highest BCUT2D eigenvalue weighted by Gasteiger charge is 2.24. The van der Waals surface area contributed by atoms with Gasteiger partial charge >= 0.3 is 0 Å². The lowest BCUT2D eigenvalue weighted by Crippen LogP contribution is -2.48. The van der Waals surface area contributed by atoms with Crippen molar-refractivity contribution in [3.8, 4) is 0 Å². The van der Waals surface area contributed by atoms with Crippen LogP contribution in [0.2, 0.25) is 5.02 Å². The molecule has 1 saturated heterocycles. The van der Waals surface area contributed by atoms with E-state index in [4.69, 9.17) is 11.6 Å². The number of aryl methyl sites for hydroxylation is 1. The lowest BCUT2D eigenvalue weighted by Gasteiger charge is -2.35. The predicted octanol–water partition coefficient (Wildman–Crippen LogP) is 3.58. The number of carbonyl (C=O) groups excluding carboxylic acids is 1. The zero-order chi connectivity index (χ0) is 20.5. The summed E-state index contributed by atoms with van der Waals surface area (Å²) in [5, 5.41) is 9.68. The van der Waals surface area contributed by atoms with E-state index in [1.54, 1.807) is 10.7 Å². The van der Waals surface area contributed by atoms with Gasteiger partial charge in [-0.3, -0.25) is 9.48 Å². The maximum absolute atomic E-state index is 12.9. The SMILES string of the molecule is Cc1nn(Cn2ccc(C(=O)N3CCN(c4cccc(Cl)c4)CC3)n2)c(C)c1Br. The third-order valence-corrected chi connectivity index (χ3v) is 6.55. The van der Waals surface area contributed by atoms with Gasteiger partial charge in [0.1, 0.15) is 12.4 Å². The van der Waals surface area contributed by atoms with Gasteiger partial charge in [0.05, 0.1) is 15.9 Å². The first kappa shape index (κ1) is 20.0. The summed E-state index contributed by atoms with van der Waals surface area (Å²) in [5.74, 6) is -0.0379. The number of rotatable bonds is 4. The Hall–Kier alpha value is -2.32. The number of hydrogen-bond donors (Lipinski definition) is 0. The van der Waals surface area contributed by atoms with Crippen molar-refractivity contribution in [3.63, 3.8) is 0 Å². The standard InChI is InChI=1S/C20H22BrClN6O/c1-14-19(21)15(2)28(23-14)13-27-7-6-18(24-27)20(29)26-10-8-25(9-11-26)17-5-3-4-16(22)12-17/h3-7,12H,8-11,13H2,1-2H3. The molecule has 9 heteroatoms. The average Bonchev–Trinajstić information content (AvgIpc) is 3.28. The Balaban J connectivity index is 1.39. The van der Waals surface area contributed by atoms with Crippen molar-refractivity contribution in [3.05, 3.63) is 63.1 Å². The smallest absolute Gasteiger partial charge is 0.274 e. The minimum Gasteiger partial charge on any atom is -0.368 e. The molecule has 0 atom stereocenters. The minimum absolute atomic E-state index is 0.0379. The van der Waals surface area contributed by atoms with E-state index in [2.05, 4.69) is 31.0 Å². The van der Waals surface area contributed by atoms with E-state index >= 15 is 0 Å². The zero-order valence-electron chi connectivity index (χ0n) is 16.3. The van der Waals surface area contributed by atoms with Crippen LogP contribution >= 0.6 is 27.5 Å². The quantitative estimate of drug-likeness (QED) is 0.576. The number of aromatic nitrogens is 4. The summed E-state index contributed by atoms with van der Waals surface area (Å²) in [4.78, 5) is 17.0. The van der Waals surface area contributed by atoms with Gasteiger partial charge in [-0.15, -0.1) is 0 Å². The lowest BCUT2D eigenvalue weighted by atomic mass is 10.2. The molecule has 7 nitrogen and oxygen atoms in total. The summed E-state index contributed by atoms with van der Waals surface area (Å²) in [6.07, 6.45) is 1.82. The number of benzene rings is 1. The Kier molecular flexibility index (Phi) is 5.65. The van der Waals surface area contributed by atoms with Crippen molar-refractivity contribution < 1.29 is 4.79 Å². The van der Waals surface area contributed by atoms with Gasteiger partial charge in [-0.1, -0.05) is 17.7 Å². The van der Waals surface area contributed by atoms with Crippen molar-refractivity contribution >= 4 is 39.1 Å². The highest BCUT2D eigenvalue weighted by molar-refractivity contribution is 9.10. The monoisotopic (exact) mass is 476 g/mol. The van der Waals surface area contributed by atoms with E-state index in [1.165, 1.54) is 0 Å². The molecule has 0 saturated carbocycles. The summed E-state index contributed by atoms with van der Waals surface area (Å²) in [6, 6.07) is 9.59. The van der Waals surface area contributed by atoms with Crippen molar-refractivity contribution in [1.82, 2.24) is 24.5 Å². The molecule has 1 aliphatic rings. The third kappa shape index (κ3) is 4.18. The first-order chi connectivity index (χ1) is 13.9. The molecule has 2 aromatic heterocycles. The highest BCUT2D eigenvalue weighted by atomic mass is 79.9. The van der Waals surface area contributed by atoms with Gasteiger partial charge in [0.2, 0.25) is 0 Å². The number of hydrogen-bond acceptors (Lipinski definition) is 4. The van der Waals surface area contributed by atoms with Crippen molar-refractivity contribution in [1.29, 1.82) is 0 Å². The topological polar surface area (TPSA) is 59.2 Å². The molecule has 4 rings (SSSR count). The lowest BCUT2D eigenvalue weighted by molar-refractivity contribution is 0.0739. The second-order valence-corrected chi connectivity index (χ2v) is 8.35. The second-order valence-electron chi connectivity index (χ2n) is 7.13. The number of amides is 1. The van der Waals surface area contributed by atoms with E-state index < -0.39 is 0 Å². The van der Waals surface area contributed by atoms with Gasteiger partial charge in [-0.2, -0.15) is 10.2 Å². The minimum atomic E-state index is -0.0379. The molecule has 0 N–H and O–H groups in total. The maximum Gasteiger partial charge on any atom is 0.274 e. The van der Waals surface area contributed by atoms with Crippen molar-refractivity contribution in [2.24, 2.45) is 0 Å². The summed E-state index contributed by atoms with van der Waals surface area (Å²) in [6.45, 7) is 7.27. The molecular formula is C20H22BrClN6O. The van der Waals surface area contributed by atoms with Crippen LogP contribution in [0.25, 0.3) is 0 Å². The van der Waals surface area contributed by atoms with Crippen LogP contribution in [-0.4, -0.2) is 56.5 Å². The maximum atomic E-state index is 12.9. The Labute approximate surface area is 183 Å². The Bertz CT molecular complexity index is 1040. The summed E-state index contributed by atoms with van der Waals surface area (Å²) in [7, 11) is 0. The van der Waals surface area contributed by atoms with Gasteiger partial charge in [0.25, 0.3) is 5.91 Å². The molecular weight excluding hydrogens is 456 g/mol. The van der Waals surface area contributed by atoms with Crippen LogP contribution < -0.4 is 4.90 Å². The number of carbonyl (C=O) groups is 1. The van der Waals surface area contributed by atoms with Crippen LogP contribution in [0.3, 0.4) is 0 Å². The van der Waals surface area contributed by atoms with Crippen molar-refractivity contribution in [2.75, 3.05) is 31.1 Å². The molecule has 152 valence electrons. The van der Waals surface area contributed by atoms with Gasteiger partial charge in [-0.05, 0) is 54.0 Å². The van der Waals surface area contributed by atoms with Crippen LogP contribution in [0.4, 0.5) is 5.69 Å². The zero-order valence-corrected chi connectivity index (χ0v) is 18.7. The molecule has 0 unspecified atom stereocenters. The highest BCUT2D eigenvalue weighted by Crippen LogP contribution is 2.22. The first-order valence-electron chi connectivity index (χ1n) is 9.45. The fourth-order valence-electron chi connectivity index (χ4n) is 3.51. The number of piperazine rings is 1. The molecule has 29 heavy (non-hydrogen) atoms. The van der Waals surface area contributed by atoms with E-state index in [1.807, 2.05) is 53.9 Å². The molecule has 1 aliphatic heterocycles. The third-order valence-electron chi connectivity index (χ3n) is 5.17. The van der Waals surface area contributed by atoms with Crippen LogP contribution in [-0.2, 0) is 6.67 Å². The average molecular weight is 478 g/mol. The molecule has 1 fully saturated rings. The Morgan fingerprint density at radius 3 is 2.55 bits per heavy atom. The molecule has 0 bridgehead atoms. The molecule has 1 amide bonds. The molecule has 0 aliphatic carbocycles. The molecule has 0 radical (unpaired) electrons. The normalized spacial score (nSPS) is 14.5. The summed E-state index contributed by atoms with van der Waals surface area (Å²) >= 11 is 9.63.